The smallest absolute Gasteiger partial charge is 0.321 e. The average Bonchev–Trinajstić information content (AvgIpc) is 2.46. The lowest BCUT2D eigenvalue weighted by Gasteiger charge is -2.08. The van der Waals surface area contributed by atoms with Gasteiger partial charge in [0.1, 0.15) is 5.69 Å². The van der Waals surface area contributed by atoms with E-state index in [0.717, 1.165) is 11.1 Å². The summed E-state index contributed by atoms with van der Waals surface area (Å²) in [5, 5.41) is 5.30. The predicted octanol–water partition coefficient (Wildman–Crippen LogP) is 1.20. The van der Waals surface area contributed by atoms with E-state index in [1.54, 1.807) is 18.2 Å². The number of amides is 3. The van der Waals surface area contributed by atoms with Gasteiger partial charge in [-0.3, -0.25) is 10.1 Å². The first-order chi connectivity index (χ1) is 10.5. The second kappa shape index (κ2) is 7.06. The lowest BCUT2D eigenvalue weighted by molar-refractivity contribution is -0.293. The monoisotopic (exact) mass is 319 g/mol. The molecule has 5 nitrogen and oxygen atoms in total. The van der Waals surface area contributed by atoms with Gasteiger partial charge in [-0.25, -0.2) is 4.79 Å². The van der Waals surface area contributed by atoms with Gasteiger partial charge in [0.25, 0.3) is 5.91 Å². The van der Waals surface area contributed by atoms with Gasteiger partial charge in [-0.15, -0.1) is 0 Å². The van der Waals surface area contributed by atoms with Gasteiger partial charge in [-0.1, -0.05) is 30.3 Å². The van der Waals surface area contributed by atoms with E-state index in [1.807, 2.05) is 31.2 Å². The van der Waals surface area contributed by atoms with Crippen molar-refractivity contribution >= 4 is 17.6 Å². The molecule has 0 saturated heterocycles. The van der Waals surface area contributed by atoms with E-state index in [2.05, 4.69) is 16.4 Å². The van der Waals surface area contributed by atoms with Crippen molar-refractivity contribution < 1.29 is 26.9 Å². The van der Waals surface area contributed by atoms with Gasteiger partial charge in [0.05, 0.1) is 0 Å². The molecule has 114 valence electrons. The summed E-state index contributed by atoms with van der Waals surface area (Å²) < 4.78 is 0. The Balaban J connectivity index is 1.98. The fraction of sp³-hybridized carbons (Fsp3) is 0.125. The number of hydrogen-bond acceptors (Lipinski definition) is 2. The molecule has 0 atom stereocenters. The van der Waals surface area contributed by atoms with Gasteiger partial charge in [0.2, 0.25) is 5.02 Å². The van der Waals surface area contributed by atoms with Crippen LogP contribution in [0.15, 0.2) is 42.5 Å². The molecule has 0 aliphatic rings. The minimum Gasteiger partial charge on any atom is -0.334 e. The fourth-order valence-electron chi connectivity index (χ4n) is 2.03. The summed E-state index contributed by atoms with van der Waals surface area (Å²) in [5.41, 5.74) is 6.57. The Morgan fingerprint density at radius 3 is 2.55 bits per heavy atom. The summed E-state index contributed by atoms with van der Waals surface area (Å²) in [6.45, 7) is 2.31. The van der Waals surface area contributed by atoms with Crippen molar-refractivity contribution in [1.29, 1.82) is 0 Å². The third kappa shape index (κ3) is 3.84. The van der Waals surface area contributed by atoms with E-state index in [-0.39, 0.29) is 5.56 Å². The summed E-state index contributed by atoms with van der Waals surface area (Å²) in [6, 6.07) is 12.2. The molecular formula is C16H18ClN3O2+2. The average molecular weight is 320 g/mol. The van der Waals surface area contributed by atoms with Crippen molar-refractivity contribution in [3.8, 4) is 0 Å². The van der Waals surface area contributed by atoms with Crippen LogP contribution in [0, 0.1) is 18.5 Å². The van der Waals surface area contributed by atoms with Crippen LogP contribution >= 0.6 is 0 Å². The van der Waals surface area contributed by atoms with Crippen LogP contribution < -0.4 is 16.4 Å². The van der Waals surface area contributed by atoms with E-state index in [0.29, 0.717) is 17.3 Å². The van der Waals surface area contributed by atoms with Crippen molar-refractivity contribution in [3.05, 3.63) is 64.2 Å². The highest BCUT2D eigenvalue weighted by Gasteiger charge is 2.22. The van der Waals surface area contributed by atoms with E-state index in [9.17, 15) is 9.59 Å². The predicted molar refractivity (Wildman–Crippen MR) is 80.4 cm³/mol. The second-order valence-corrected chi connectivity index (χ2v) is 5.29. The maximum atomic E-state index is 12.1. The number of hydrogen-bond donors (Lipinski definition) is 3. The highest BCUT2D eigenvalue weighted by Crippen LogP contribution is 2.15. The molecule has 5 N–H and O–H groups in total. The van der Waals surface area contributed by atoms with Crippen molar-refractivity contribution in [2.24, 2.45) is 0 Å². The summed E-state index contributed by atoms with van der Waals surface area (Å²) in [7, 11) is 0. The lowest BCUT2D eigenvalue weighted by atomic mass is 10.1. The molecule has 0 saturated carbocycles. The first kappa shape index (κ1) is 16.0. The van der Waals surface area contributed by atoms with Crippen LogP contribution in [0.5, 0.6) is 0 Å². The Kier molecular flexibility index (Phi) is 5.14. The zero-order valence-corrected chi connectivity index (χ0v) is 13.0. The molecule has 0 aliphatic carbocycles. The standard InChI is InChI=1S/C16H16ClN3O2/c1-10-5-2-3-6-11(10)9-19-16(22)20-15(21)14-12(17)7-4-8-13(14)18/h2-8,17H,9H2,1H3,(H3-,18,19,20,21,22)/p+2. The van der Waals surface area contributed by atoms with Gasteiger partial charge in [-0.2, -0.15) is 0 Å². The molecule has 0 spiro atoms. The van der Waals surface area contributed by atoms with Gasteiger partial charge >= 0.3 is 6.03 Å². The molecule has 2 aromatic rings. The zero-order chi connectivity index (χ0) is 16.1. The molecule has 0 radical (unpaired) electrons. The molecule has 0 heterocycles. The van der Waals surface area contributed by atoms with E-state index < -0.39 is 11.9 Å². The number of carbonyl (C=O) groups excluding carboxylic acids is 2. The number of imide groups is 1. The van der Waals surface area contributed by atoms with Crippen molar-refractivity contribution in [1.82, 2.24) is 10.6 Å². The van der Waals surface area contributed by atoms with Gasteiger partial charge in [0.15, 0.2) is 17.2 Å². The molecule has 3 amide bonds. The summed E-state index contributed by atoms with van der Waals surface area (Å²) >= 11 is 5.09. The van der Waals surface area contributed by atoms with E-state index >= 15 is 0 Å². The Morgan fingerprint density at radius 1 is 1.14 bits per heavy atom. The molecule has 2 rings (SSSR count). The number of rotatable bonds is 3. The number of quaternary nitrogens is 1. The molecule has 0 fully saturated rings. The van der Waals surface area contributed by atoms with Crippen LogP contribution in [0.3, 0.4) is 0 Å². The Hall–Kier alpha value is -2.37. The topological polar surface area (TPSA) is 85.8 Å². The third-order valence-electron chi connectivity index (χ3n) is 3.27. The number of carbonyl (C=O) groups is 2. The molecule has 6 heteroatoms. The van der Waals surface area contributed by atoms with Crippen molar-refractivity contribution in [2.75, 3.05) is 0 Å². The molecule has 0 bridgehead atoms. The third-order valence-corrected chi connectivity index (χ3v) is 3.61. The normalized spacial score (nSPS) is 10.1. The van der Waals surface area contributed by atoms with Crippen LogP contribution in [0.4, 0.5) is 10.5 Å². The van der Waals surface area contributed by atoms with Gasteiger partial charge in [-0.05, 0) is 18.1 Å². The number of urea groups is 1. The number of aryl methyl sites for hydroxylation is 1. The SMILES string of the molecule is Cc1ccccc1CNC(=O)NC(=O)c1c([NH3+])cccc1[ClH+]. The zero-order valence-electron chi connectivity index (χ0n) is 12.2. The van der Waals surface area contributed by atoms with Gasteiger partial charge < -0.3 is 11.1 Å². The largest absolute Gasteiger partial charge is 0.334 e. The Bertz CT molecular complexity index is 696. The Morgan fingerprint density at radius 2 is 1.86 bits per heavy atom. The fourth-order valence-corrected chi connectivity index (χ4v) is 2.33. The van der Waals surface area contributed by atoms with Crippen molar-refractivity contribution in [3.63, 3.8) is 0 Å². The van der Waals surface area contributed by atoms with E-state index in [1.165, 1.54) is 0 Å². The minimum atomic E-state index is -0.564. The van der Waals surface area contributed by atoms with Crippen LogP contribution in [0.25, 0.3) is 0 Å². The number of benzene rings is 2. The van der Waals surface area contributed by atoms with Crippen molar-refractivity contribution in [2.45, 2.75) is 13.5 Å². The Labute approximate surface area is 133 Å². The van der Waals surface area contributed by atoms with Crippen LogP contribution in [-0.2, 0) is 6.54 Å². The summed E-state index contributed by atoms with van der Waals surface area (Å²) in [5.74, 6) is -0.544. The first-order valence-corrected chi connectivity index (χ1v) is 7.15. The summed E-state index contributed by atoms with van der Waals surface area (Å²) in [4.78, 5) is 23.9. The first-order valence-electron chi connectivity index (χ1n) is 6.74. The van der Waals surface area contributed by atoms with Crippen LogP contribution in [0.1, 0.15) is 21.5 Å². The molecule has 0 unspecified atom stereocenters. The molecule has 0 aliphatic heterocycles. The molecular weight excluding hydrogens is 302 g/mol. The maximum Gasteiger partial charge on any atom is 0.321 e. The summed E-state index contributed by atoms with van der Waals surface area (Å²) in [6.07, 6.45) is 0. The quantitative estimate of drug-likeness (QED) is 0.794. The lowest BCUT2D eigenvalue weighted by Crippen LogP contribution is -2.45. The molecule has 0 aromatic heterocycles. The second-order valence-electron chi connectivity index (χ2n) is 4.85. The van der Waals surface area contributed by atoms with E-state index in [4.69, 9.17) is 11.6 Å². The minimum absolute atomic E-state index is 0.253. The maximum absolute atomic E-state index is 12.1. The van der Waals surface area contributed by atoms with Crippen LogP contribution in [-0.4, -0.2) is 11.9 Å². The molecule has 22 heavy (non-hydrogen) atoms. The highest BCUT2D eigenvalue weighted by molar-refractivity contribution is 6.07. The van der Waals surface area contributed by atoms with Gasteiger partial charge in [0, 0.05) is 18.7 Å². The number of nitrogens with one attached hydrogen (secondary N) is 2. The highest BCUT2D eigenvalue weighted by atomic mass is 35.5. The number of halogens is 1. The molecule has 2 aromatic carbocycles. The van der Waals surface area contributed by atoms with Crippen LogP contribution in [0.2, 0.25) is 5.02 Å².